The van der Waals surface area contributed by atoms with Gasteiger partial charge in [-0.2, -0.15) is 5.10 Å². The van der Waals surface area contributed by atoms with Gasteiger partial charge in [-0.05, 0) is 32.4 Å². The van der Waals surface area contributed by atoms with Crippen molar-refractivity contribution < 1.29 is 9.32 Å². The number of thiophene rings is 1. The summed E-state index contributed by atoms with van der Waals surface area (Å²) in [5, 5.41) is 9.82. The molecule has 0 atom stereocenters. The van der Waals surface area contributed by atoms with Crippen molar-refractivity contribution in [2.75, 3.05) is 26.2 Å². The molecule has 0 saturated carbocycles. The van der Waals surface area contributed by atoms with Gasteiger partial charge in [0.1, 0.15) is 10.6 Å². The van der Waals surface area contributed by atoms with Gasteiger partial charge in [0.15, 0.2) is 0 Å². The minimum Gasteiger partial charge on any atom is -0.361 e. The maximum atomic E-state index is 13.2. The molecule has 8 heteroatoms. The quantitative estimate of drug-likeness (QED) is 0.460. The molecule has 1 aliphatic heterocycles. The maximum absolute atomic E-state index is 13.2. The normalized spacial score (nSPS) is 15.0. The van der Waals surface area contributed by atoms with Gasteiger partial charge in [0.2, 0.25) is 0 Å². The van der Waals surface area contributed by atoms with Crippen molar-refractivity contribution in [2.24, 2.45) is 0 Å². The summed E-state index contributed by atoms with van der Waals surface area (Å²) in [5.41, 5.74) is 4.28. The van der Waals surface area contributed by atoms with Gasteiger partial charge >= 0.3 is 0 Å². The smallest absolute Gasteiger partial charge is 0.264 e. The lowest BCUT2D eigenvalue weighted by molar-refractivity contribution is 0.0632. The number of piperazine rings is 1. The molecule has 0 N–H and O–H groups in total. The van der Waals surface area contributed by atoms with Crippen LogP contribution in [0.5, 0.6) is 0 Å². The Morgan fingerprint density at radius 2 is 1.78 bits per heavy atom. The highest BCUT2D eigenvalue weighted by Crippen LogP contribution is 2.30. The summed E-state index contributed by atoms with van der Waals surface area (Å²) in [6.45, 7) is 10.6. The van der Waals surface area contributed by atoms with Gasteiger partial charge in [-0.15, -0.1) is 11.3 Å². The van der Waals surface area contributed by atoms with Crippen LogP contribution >= 0.6 is 11.3 Å². The van der Waals surface area contributed by atoms with Crippen LogP contribution in [-0.4, -0.2) is 56.8 Å². The first-order valence-electron chi connectivity index (χ1n) is 10.9. The molecule has 5 rings (SSSR count). The number of aromatic nitrogens is 3. The molecule has 4 aromatic rings. The van der Waals surface area contributed by atoms with Crippen LogP contribution in [-0.2, 0) is 13.1 Å². The molecule has 0 spiro atoms. The third kappa shape index (κ3) is 3.96. The van der Waals surface area contributed by atoms with E-state index in [9.17, 15) is 4.79 Å². The predicted octanol–water partition coefficient (Wildman–Crippen LogP) is 4.02. The molecular formula is C24H27N5O2S. The van der Waals surface area contributed by atoms with Crippen LogP contribution in [0.25, 0.3) is 10.2 Å². The molecule has 7 nitrogen and oxygen atoms in total. The van der Waals surface area contributed by atoms with Gasteiger partial charge in [0.25, 0.3) is 5.91 Å². The molecule has 1 aliphatic rings. The Morgan fingerprint density at radius 1 is 1.03 bits per heavy atom. The Hall–Kier alpha value is -2.97. The molecule has 32 heavy (non-hydrogen) atoms. The zero-order chi connectivity index (χ0) is 22.2. The molecular weight excluding hydrogens is 422 g/mol. The average molecular weight is 450 g/mol. The number of carbonyl (C=O) groups excluding carboxylic acids is 1. The standard InChI is InChI=1S/C24H27N5O2S/c1-16-20-13-22(32-24(20)29(25-16)14-19-7-5-4-6-8-19)23(30)28-11-9-27(10-12-28)15-21-17(2)26-31-18(21)3/h4-8,13H,9-12,14-15H2,1-3H3. The van der Waals surface area contributed by atoms with Crippen LogP contribution in [0.15, 0.2) is 40.9 Å². The fraction of sp³-hybridized carbons (Fsp3) is 0.375. The minimum absolute atomic E-state index is 0.119. The first-order valence-corrected chi connectivity index (χ1v) is 11.8. The molecule has 0 radical (unpaired) electrons. The highest BCUT2D eigenvalue weighted by Gasteiger charge is 2.26. The second-order valence-corrected chi connectivity index (χ2v) is 9.46. The molecule has 0 aliphatic carbocycles. The molecule has 0 unspecified atom stereocenters. The van der Waals surface area contributed by atoms with Crippen LogP contribution in [0.1, 0.15) is 37.9 Å². The number of hydrogen-bond acceptors (Lipinski definition) is 6. The van der Waals surface area contributed by atoms with E-state index < -0.39 is 0 Å². The lowest BCUT2D eigenvalue weighted by Crippen LogP contribution is -2.48. The molecule has 1 amide bonds. The number of nitrogens with zero attached hydrogens (tertiary/aromatic N) is 5. The summed E-state index contributed by atoms with van der Waals surface area (Å²) in [6.07, 6.45) is 0. The molecule has 166 valence electrons. The predicted molar refractivity (Wildman–Crippen MR) is 125 cm³/mol. The van der Waals surface area contributed by atoms with Crippen molar-refractivity contribution in [3.8, 4) is 0 Å². The summed E-state index contributed by atoms with van der Waals surface area (Å²) < 4.78 is 7.30. The average Bonchev–Trinajstić information content (AvgIpc) is 3.46. The van der Waals surface area contributed by atoms with Gasteiger partial charge < -0.3 is 9.42 Å². The first kappa shape index (κ1) is 20.9. The Morgan fingerprint density at radius 3 is 2.47 bits per heavy atom. The van der Waals surface area contributed by atoms with Crippen molar-refractivity contribution in [2.45, 2.75) is 33.9 Å². The third-order valence-electron chi connectivity index (χ3n) is 6.22. The highest BCUT2D eigenvalue weighted by atomic mass is 32.1. The zero-order valence-corrected chi connectivity index (χ0v) is 19.5. The SMILES string of the molecule is Cc1noc(C)c1CN1CCN(C(=O)c2cc3c(C)nn(Cc4ccccc4)c3s2)CC1. The van der Waals surface area contributed by atoms with Crippen molar-refractivity contribution in [3.63, 3.8) is 0 Å². The molecule has 1 saturated heterocycles. The summed E-state index contributed by atoms with van der Waals surface area (Å²) in [4.78, 5) is 19.4. The van der Waals surface area contributed by atoms with Gasteiger partial charge in [-0.25, -0.2) is 0 Å². The Balaban J connectivity index is 1.28. The summed E-state index contributed by atoms with van der Waals surface area (Å²) in [5.74, 6) is 1.00. The van der Waals surface area contributed by atoms with E-state index in [1.54, 1.807) is 11.3 Å². The Bertz CT molecular complexity index is 1230. The van der Waals surface area contributed by atoms with E-state index in [0.29, 0.717) is 6.54 Å². The van der Waals surface area contributed by atoms with Gasteiger partial charge in [0, 0.05) is 43.7 Å². The van der Waals surface area contributed by atoms with Crippen LogP contribution in [0.3, 0.4) is 0 Å². The van der Waals surface area contributed by atoms with Crippen molar-refractivity contribution >= 4 is 27.5 Å². The number of hydrogen-bond donors (Lipinski definition) is 0. The Kier molecular flexibility index (Phi) is 5.57. The van der Waals surface area contributed by atoms with E-state index in [-0.39, 0.29) is 5.91 Å². The van der Waals surface area contributed by atoms with Crippen LogP contribution in [0.2, 0.25) is 0 Å². The number of fused-ring (bicyclic) bond motifs is 1. The molecule has 1 fully saturated rings. The maximum Gasteiger partial charge on any atom is 0.264 e. The van der Waals surface area contributed by atoms with Crippen molar-refractivity contribution in [1.29, 1.82) is 0 Å². The number of carbonyl (C=O) groups is 1. The largest absolute Gasteiger partial charge is 0.361 e. The van der Waals surface area contributed by atoms with E-state index >= 15 is 0 Å². The van der Waals surface area contributed by atoms with Crippen LogP contribution < -0.4 is 0 Å². The van der Waals surface area contributed by atoms with Crippen LogP contribution in [0.4, 0.5) is 0 Å². The van der Waals surface area contributed by atoms with E-state index in [1.807, 2.05) is 54.6 Å². The monoisotopic (exact) mass is 449 g/mol. The lowest BCUT2D eigenvalue weighted by atomic mass is 10.1. The number of aryl methyl sites for hydroxylation is 3. The van der Waals surface area contributed by atoms with E-state index in [4.69, 9.17) is 9.62 Å². The number of amides is 1. The molecule has 4 heterocycles. The Labute approximate surface area is 191 Å². The third-order valence-corrected chi connectivity index (χ3v) is 7.35. The van der Waals surface area contributed by atoms with E-state index in [0.717, 1.165) is 70.5 Å². The van der Waals surface area contributed by atoms with Crippen molar-refractivity contribution in [1.82, 2.24) is 24.7 Å². The highest BCUT2D eigenvalue weighted by molar-refractivity contribution is 7.20. The second-order valence-electron chi connectivity index (χ2n) is 8.43. The molecule has 3 aromatic heterocycles. The minimum atomic E-state index is 0.119. The fourth-order valence-corrected chi connectivity index (χ4v) is 5.43. The van der Waals surface area contributed by atoms with E-state index in [1.165, 1.54) is 5.56 Å². The summed E-state index contributed by atoms with van der Waals surface area (Å²) in [7, 11) is 0. The van der Waals surface area contributed by atoms with E-state index in [2.05, 4.69) is 22.2 Å². The molecule has 1 aromatic carbocycles. The first-order chi connectivity index (χ1) is 15.5. The summed E-state index contributed by atoms with van der Waals surface area (Å²) >= 11 is 1.55. The topological polar surface area (TPSA) is 67.4 Å². The van der Waals surface area contributed by atoms with Crippen LogP contribution in [0, 0.1) is 20.8 Å². The van der Waals surface area contributed by atoms with Gasteiger partial charge in [0.05, 0.1) is 22.8 Å². The van der Waals surface area contributed by atoms with Crippen molar-refractivity contribution in [3.05, 3.63) is 69.6 Å². The number of rotatable bonds is 5. The fourth-order valence-electron chi connectivity index (χ4n) is 4.30. The lowest BCUT2D eigenvalue weighted by Gasteiger charge is -2.34. The second kappa shape index (κ2) is 8.52. The van der Waals surface area contributed by atoms with Gasteiger partial charge in [-0.1, -0.05) is 35.5 Å². The molecule has 0 bridgehead atoms. The van der Waals surface area contributed by atoms with Gasteiger partial charge in [-0.3, -0.25) is 14.4 Å². The number of benzene rings is 1. The summed E-state index contributed by atoms with van der Waals surface area (Å²) in [6, 6.07) is 12.3. The zero-order valence-electron chi connectivity index (χ0n) is 18.7.